The molecule has 0 saturated heterocycles. The summed E-state index contributed by atoms with van der Waals surface area (Å²) in [5.41, 5.74) is 0.563. The first-order chi connectivity index (χ1) is 9.07. The van der Waals surface area contributed by atoms with Gasteiger partial charge in [0, 0.05) is 13.2 Å². The summed E-state index contributed by atoms with van der Waals surface area (Å²) < 4.78 is 26.0. The van der Waals surface area contributed by atoms with Crippen LogP contribution in [-0.4, -0.2) is 20.4 Å². The quantitative estimate of drug-likeness (QED) is 0.854. The molecule has 0 atom stereocenters. The maximum absolute atomic E-state index is 12.5. The minimum Gasteiger partial charge on any atom is -0.268 e. The second-order valence-corrected chi connectivity index (χ2v) is 5.73. The number of aromatic nitrogens is 1. The van der Waals surface area contributed by atoms with E-state index in [-0.39, 0.29) is 10.5 Å². The molecular formula is C13H11N3O2S. The van der Waals surface area contributed by atoms with Crippen molar-refractivity contribution in [3.8, 4) is 6.07 Å². The first-order valence-corrected chi connectivity index (χ1v) is 6.89. The number of pyridine rings is 1. The third-order valence-electron chi connectivity index (χ3n) is 2.66. The Morgan fingerprint density at radius 3 is 2.58 bits per heavy atom. The van der Waals surface area contributed by atoms with E-state index in [0.717, 1.165) is 4.31 Å². The molecule has 1 aromatic carbocycles. The predicted octanol–water partition coefficient (Wildman–Crippen LogP) is 1.78. The van der Waals surface area contributed by atoms with E-state index >= 15 is 0 Å². The van der Waals surface area contributed by atoms with Crippen LogP contribution in [0.1, 0.15) is 5.56 Å². The SMILES string of the molecule is CN(c1cccnc1)S(=O)(=O)c1ccccc1C#N. The number of nitriles is 1. The number of rotatable bonds is 3. The zero-order chi connectivity index (χ0) is 13.9. The maximum Gasteiger partial charge on any atom is 0.265 e. The van der Waals surface area contributed by atoms with E-state index in [1.807, 2.05) is 6.07 Å². The standard InChI is InChI=1S/C13H11N3O2S/c1-16(12-6-4-8-15-10-12)19(17,18)13-7-3-2-5-11(13)9-14/h2-8,10H,1H3. The lowest BCUT2D eigenvalue weighted by molar-refractivity contribution is 0.594. The molecular weight excluding hydrogens is 262 g/mol. The Hall–Kier alpha value is -2.39. The Balaban J connectivity index is 2.52. The average molecular weight is 273 g/mol. The van der Waals surface area contributed by atoms with Gasteiger partial charge in [-0.25, -0.2) is 8.42 Å². The molecule has 0 bridgehead atoms. The van der Waals surface area contributed by atoms with Gasteiger partial charge in [0.2, 0.25) is 0 Å². The molecule has 0 N–H and O–H groups in total. The number of benzene rings is 1. The van der Waals surface area contributed by atoms with Gasteiger partial charge in [-0.3, -0.25) is 9.29 Å². The van der Waals surface area contributed by atoms with Crippen molar-refractivity contribution in [1.29, 1.82) is 5.26 Å². The molecule has 96 valence electrons. The van der Waals surface area contributed by atoms with Crippen LogP contribution < -0.4 is 4.31 Å². The van der Waals surface area contributed by atoms with Crippen LogP contribution >= 0.6 is 0 Å². The van der Waals surface area contributed by atoms with Crippen molar-refractivity contribution >= 4 is 15.7 Å². The molecule has 0 radical (unpaired) electrons. The van der Waals surface area contributed by atoms with Gasteiger partial charge in [0.25, 0.3) is 10.0 Å². The minimum atomic E-state index is -3.76. The summed E-state index contributed by atoms with van der Waals surface area (Å²) in [5, 5.41) is 8.99. The largest absolute Gasteiger partial charge is 0.268 e. The van der Waals surface area contributed by atoms with Gasteiger partial charge in [-0.2, -0.15) is 5.26 Å². The maximum atomic E-state index is 12.5. The van der Waals surface area contributed by atoms with Crippen molar-refractivity contribution in [2.75, 3.05) is 11.4 Å². The van der Waals surface area contributed by atoms with Gasteiger partial charge in [-0.05, 0) is 24.3 Å². The van der Waals surface area contributed by atoms with Crippen LogP contribution in [0.2, 0.25) is 0 Å². The second-order valence-electron chi connectivity index (χ2n) is 3.79. The molecule has 1 aromatic heterocycles. The highest BCUT2D eigenvalue weighted by molar-refractivity contribution is 7.92. The number of hydrogen-bond donors (Lipinski definition) is 0. The molecule has 0 saturated carbocycles. The molecule has 0 amide bonds. The van der Waals surface area contributed by atoms with E-state index < -0.39 is 10.0 Å². The Morgan fingerprint density at radius 2 is 1.95 bits per heavy atom. The monoisotopic (exact) mass is 273 g/mol. The molecule has 19 heavy (non-hydrogen) atoms. The fourth-order valence-electron chi connectivity index (χ4n) is 1.61. The van der Waals surface area contributed by atoms with Crippen LogP contribution in [0, 0.1) is 11.3 Å². The molecule has 0 aliphatic carbocycles. The van der Waals surface area contributed by atoms with Crippen LogP contribution in [0.15, 0.2) is 53.7 Å². The number of sulfonamides is 1. The molecule has 2 aromatic rings. The zero-order valence-corrected chi connectivity index (χ0v) is 11.0. The zero-order valence-electron chi connectivity index (χ0n) is 10.2. The van der Waals surface area contributed by atoms with E-state index in [9.17, 15) is 8.42 Å². The summed E-state index contributed by atoms with van der Waals surface area (Å²) in [6.07, 6.45) is 3.01. The summed E-state index contributed by atoms with van der Waals surface area (Å²) in [6, 6.07) is 11.3. The minimum absolute atomic E-state index is 0.0103. The van der Waals surface area contributed by atoms with Crippen LogP contribution in [0.25, 0.3) is 0 Å². The fourth-order valence-corrected chi connectivity index (χ4v) is 2.93. The highest BCUT2D eigenvalue weighted by atomic mass is 32.2. The first-order valence-electron chi connectivity index (χ1n) is 5.45. The van der Waals surface area contributed by atoms with Gasteiger partial charge in [0.1, 0.15) is 11.0 Å². The van der Waals surface area contributed by atoms with Gasteiger partial charge in [-0.1, -0.05) is 12.1 Å². The molecule has 0 fully saturated rings. The fraction of sp³-hybridized carbons (Fsp3) is 0.0769. The van der Waals surface area contributed by atoms with Crippen molar-refractivity contribution in [2.45, 2.75) is 4.90 Å². The molecule has 0 aliphatic rings. The highest BCUT2D eigenvalue weighted by Gasteiger charge is 2.24. The normalized spacial score (nSPS) is 10.7. The molecule has 6 heteroatoms. The van der Waals surface area contributed by atoms with E-state index in [0.29, 0.717) is 5.69 Å². The second kappa shape index (κ2) is 5.08. The molecule has 0 unspecified atom stereocenters. The van der Waals surface area contributed by atoms with E-state index in [1.165, 1.54) is 25.4 Å². The van der Waals surface area contributed by atoms with E-state index in [4.69, 9.17) is 5.26 Å². The molecule has 1 heterocycles. The lowest BCUT2D eigenvalue weighted by Crippen LogP contribution is -2.27. The van der Waals surface area contributed by atoms with Crippen LogP contribution in [0.3, 0.4) is 0 Å². The summed E-state index contributed by atoms with van der Waals surface area (Å²) in [5.74, 6) is 0. The van der Waals surface area contributed by atoms with Crippen LogP contribution in [0.5, 0.6) is 0 Å². The van der Waals surface area contributed by atoms with Crippen molar-refractivity contribution in [1.82, 2.24) is 4.98 Å². The summed E-state index contributed by atoms with van der Waals surface area (Å²) in [7, 11) is -2.33. The van der Waals surface area contributed by atoms with Gasteiger partial charge >= 0.3 is 0 Å². The van der Waals surface area contributed by atoms with Crippen molar-refractivity contribution in [3.63, 3.8) is 0 Å². The van der Waals surface area contributed by atoms with Crippen molar-refractivity contribution in [2.24, 2.45) is 0 Å². The summed E-state index contributed by atoms with van der Waals surface area (Å²) in [4.78, 5) is 3.87. The van der Waals surface area contributed by atoms with E-state index in [2.05, 4.69) is 4.98 Å². The lowest BCUT2D eigenvalue weighted by atomic mass is 10.2. The van der Waals surface area contributed by atoms with Gasteiger partial charge in [0.05, 0.1) is 17.4 Å². The van der Waals surface area contributed by atoms with E-state index in [1.54, 1.807) is 30.5 Å². The molecule has 5 nitrogen and oxygen atoms in total. The Morgan fingerprint density at radius 1 is 1.21 bits per heavy atom. The van der Waals surface area contributed by atoms with Gasteiger partial charge < -0.3 is 0 Å². The topological polar surface area (TPSA) is 74.1 Å². The highest BCUT2D eigenvalue weighted by Crippen LogP contribution is 2.23. The number of hydrogen-bond acceptors (Lipinski definition) is 4. The number of anilines is 1. The summed E-state index contributed by atoms with van der Waals surface area (Å²) >= 11 is 0. The molecule has 2 rings (SSSR count). The van der Waals surface area contributed by atoms with Crippen LogP contribution in [-0.2, 0) is 10.0 Å². The molecule has 0 spiro atoms. The first kappa shape index (κ1) is 13.1. The third kappa shape index (κ3) is 2.41. The van der Waals surface area contributed by atoms with Gasteiger partial charge in [-0.15, -0.1) is 0 Å². The Labute approximate surface area is 111 Å². The Kier molecular flexibility index (Phi) is 3.49. The Bertz CT molecular complexity index is 721. The third-order valence-corrected chi connectivity index (χ3v) is 4.50. The predicted molar refractivity (Wildman–Crippen MR) is 71.0 cm³/mol. The molecule has 0 aliphatic heterocycles. The lowest BCUT2D eigenvalue weighted by Gasteiger charge is -2.19. The number of nitrogens with zero attached hydrogens (tertiary/aromatic N) is 3. The van der Waals surface area contributed by atoms with Gasteiger partial charge in [0.15, 0.2) is 0 Å². The smallest absolute Gasteiger partial charge is 0.265 e. The summed E-state index contributed by atoms with van der Waals surface area (Å²) in [6.45, 7) is 0. The van der Waals surface area contributed by atoms with Crippen molar-refractivity contribution in [3.05, 3.63) is 54.4 Å². The van der Waals surface area contributed by atoms with Crippen molar-refractivity contribution < 1.29 is 8.42 Å². The van der Waals surface area contributed by atoms with Crippen LogP contribution in [0.4, 0.5) is 5.69 Å². The average Bonchev–Trinajstić information content (AvgIpc) is 2.47.